The van der Waals surface area contributed by atoms with E-state index in [1.54, 1.807) is 6.20 Å². The lowest BCUT2D eigenvalue weighted by Gasteiger charge is -2.28. The maximum absolute atomic E-state index is 5.84. The number of anilines is 3. The first-order valence-electron chi connectivity index (χ1n) is 7.33. The number of rotatable bonds is 3. The molecular weight excluding hydrogens is 284 g/mol. The summed E-state index contributed by atoms with van der Waals surface area (Å²) < 4.78 is 0. The Morgan fingerprint density at radius 2 is 1.81 bits per heavy atom. The number of halogens is 1. The largest absolute Gasteiger partial charge is 0.372 e. The van der Waals surface area contributed by atoms with Crippen LogP contribution in [0.15, 0.2) is 30.5 Å². The molecule has 0 atom stereocenters. The summed E-state index contributed by atoms with van der Waals surface area (Å²) in [5.74, 6) is 0.751. The number of hydrogen-bond acceptors (Lipinski definition) is 4. The predicted octanol–water partition coefficient (Wildman–Crippen LogP) is 4.17. The summed E-state index contributed by atoms with van der Waals surface area (Å²) in [5, 5.41) is 3.55. The molecule has 0 bridgehead atoms. The minimum atomic E-state index is 0.257. The van der Waals surface area contributed by atoms with Crippen LogP contribution in [0.4, 0.5) is 17.2 Å². The molecule has 110 valence electrons. The van der Waals surface area contributed by atoms with Gasteiger partial charge in [0.15, 0.2) is 0 Å². The Morgan fingerprint density at radius 1 is 1.10 bits per heavy atom. The Morgan fingerprint density at radius 3 is 2.52 bits per heavy atom. The molecule has 5 heteroatoms. The van der Waals surface area contributed by atoms with Gasteiger partial charge in [-0.25, -0.2) is 9.97 Å². The molecule has 0 saturated carbocycles. The minimum Gasteiger partial charge on any atom is -0.372 e. The van der Waals surface area contributed by atoms with Gasteiger partial charge < -0.3 is 10.2 Å². The molecule has 21 heavy (non-hydrogen) atoms. The van der Waals surface area contributed by atoms with E-state index in [9.17, 15) is 0 Å². The molecule has 1 N–H and O–H groups in total. The zero-order chi connectivity index (χ0) is 14.7. The maximum Gasteiger partial charge on any atom is 0.224 e. The highest BCUT2D eigenvalue weighted by atomic mass is 35.5. The van der Waals surface area contributed by atoms with Gasteiger partial charge in [-0.15, -0.1) is 0 Å². The lowest BCUT2D eigenvalue weighted by atomic mass is 10.1. The number of aromatic nitrogens is 2. The van der Waals surface area contributed by atoms with Crippen molar-refractivity contribution < 1.29 is 0 Å². The quantitative estimate of drug-likeness (QED) is 0.864. The van der Waals surface area contributed by atoms with Crippen molar-refractivity contribution in [3.8, 4) is 0 Å². The van der Waals surface area contributed by atoms with Crippen LogP contribution in [-0.2, 0) is 0 Å². The Bertz CT molecular complexity index is 606. The standard InChI is InChI=1S/C16H19ClN4/c1-12-11-18-16(17)20-15(12)19-13-5-7-14(8-6-13)21-9-3-2-4-10-21/h5-8,11H,2-4,9-10H2,1H3,(H,18,19,20). The van der Waals surface area contributed by atoms with E-state index in [1.807, 2.05) is 6.92 Å². The first-order valence-corrected chi connectivity index (χ1v) is 7.71. The summed E-state index contributed by atoms with van der Waals surface area (Å²) in [7, 11) is 0. The van der Waals surface area contributed by atoms with Gasteiger partial charge in [0.25, 0.3) is 0 Å². The predicted molar refractivity (Wildman–Crippen MR) is 87.6 cm³/mol. The van der Waals surface area contributed by atoms with Crippen LogP contribution in [-0.4, -0.2) is 23.1 Å². The summed E-state index contributed by atoms with van der Waals surface area (Å²) in [6.07, 6.45) is 5.65. The molecule has 1 fully saturated rings. The van der Waals surface area contributed by atoms with Gasteiger partial charge >= 0.3 is 0 Å². The van der Waals surface area contributed by atoms with Crippen molar-refractivity contribution in [2.75, 3.05) is 23.3 Å². The van der Waals surface area contributed by atoms with Gasteiger partial charge in [0.2, 0.25) is 5.28 Å². The van der Waals surface area contributed by atoms with Crippen molar-refractivity contribution in [1.29, 1.82) is 0 Å². The van der Waals surface area contributed by atoms with E-state index < -0.39 is 0 Å². The molecule has 1 aliphatic rings. The van der Waals surface area contributed by atoms with E-state index >= 15 is 0 Å². The first kappa shape index (κ1) is 14.1. The zero-order valence-electron chi connectivity index (χ0n) is 12.1. The third-order valence-corrected chi connectivity index (χ3v) is 3.98. The van der Waals surface area contributed by atoms with Crippen LogP contribution in [0.5, 0.6) is 0 Å². The number of benzene rings is 1. The molecule has 0 aliphatic carbocycles. The van der Waals surface area contributed by atoms with Crippen LogP contribution in [0.1, 0.15) is 24.8 Å². The molecule has 1 saturated heterocycles. The molecule has 1 aromatic carbocycles. The lowest BCUT2D eigenvalue weighted by Crippen LogP contribution is -2.29. The summed E-state index contributed by atoms with van der Waals surface area (Å²) >= 11 is 5.84. The second-order valence-electron chi connectivity index (χ2n) is 5.39. The van der Waals surface area contributed by atoms with Crippen LogP contribution in [0.25, 0.3) is 0 Å². The van der Waals surface area contributed by atoms with E-state index in [1.165, 1.54) is 24.9 Å². The van der Waals surface area contributed by atoms with Crippen LogP contribution in [0.3, 0.4) is 0 Å². The maximum atomic E-state index is 5.84. The fourth-order valence-corrected chi connectivity index (χ4v) is 2.72. The first-order chi connectivity index (χ1) is 10.2. The molecule has 0 radical (unpaired) electrons. The monoisotopic (exact) mass is 302 g/mol. The summed E-state index contributed by atoms with van der Waals surface area (Å²) in [6.45, 7) is 4.28. The molecule has 2 heterocycles. The molecule has 3 rings (SSSR count). The third-order valence-electron chi connectivity index (χ3n) is 3.79. The number of aryl methyl sites for hydroxylation is 1. The van der Waals surface area contributed by atoms with Crippen molar-refractivity contribution in [1.82, 2.24) is 9.97 Å². The Balaban J connectivity index is 1.73. The average Bonchev–Trinajstić information content (AvgIpc) is 2.53. The Kier molecular flexibility index (Phi) is 4.25. The molecule has 4 nitrogen and oxygen atoms in total. The van der Waals surface area contributed by atoms with Crippen LogP contribution < -0.4 is 10.2 Å². The van der Waals surface area contributed by atoms with Crippen LogP contribution >= 0.6 is 11.6 Å². The van der Waals surface area contributed by atoms with Crippen LogP contribution in [0.2, 0.25) is 5.28 Å². The number of nitrogens with one attached hydrogen (secondary N) is 1. The molecule has 0 amide bonds. The highest BCUT2D eigenvalue weighted by Gasteiger charge is 2.10. The lowest BCUT2D eigenvalue weighted by molar-refractivity contribution is 0.578. The molecule has 0 spiro atoms. The summed E-state index contributed by atoms with van der Waals surface area (Å²) in [4.78, 5) is 10.6. The van der Waals surface area contributed by atoms with Crippen molar-refractivity contribution in [2.45, 2.75) is 26.2 Å². The Labute approximate surface area is 130 Å². The third kappa shape index (κ3) is 3.45. The fourth-order valence-electron chi connectivity index (χ4n) is 2.59. The van der Waals surface area contributed by atoms with Crippen molar-refractivity contribution >= 4 is 28.8 Å². The van der Waals surface area contributed by atoms with Gasteiger partial charge in [-0.1, -0.05) is 0 Å². The van der Waals surface area contributed by atoms with Gasteiger partial charge in [-0.05, 0) is 62.1 Å². The minimum absolute atomic E-state index is 0.257. The van der Waals surface area contributed by atoms with E-state index in [-0.39, 0.29) is 5.28 Å². The fraction of sp³-hybridized carbons (Fsp3) is 0.375. The van der Waals surface area contributed by atoms with E-state index in [2.05, 4.69) is 44.5 Å². The molecule has 1 aromatic heterocycles. The van der Waals surface area contributed by atoms with E-state index in [4.69, 9.17) is 11.6 Å². The molecule has 2 aromatic rings. The Hall–Kier alpha value is -1.81. The van der Waals surface area contributed by atoms with Gasteiger partial charge in [0, 0.05) is 36.2 Å². The molecular formula is C16H19ClN4. The highest BCUT2D eigenvalue weighted by molar-refractivity contribution is 6.28. The van der Waals surface area contributed by atoms with Gasteiger partial charge in [0.1, 0.15) is 5.82 Å². The number of nitrogens with zero attached hydrogens (tertiary/aromatic N) is 3. The van der Waals surface area contributed by atoms with Crippen molar-refractivity contribution in [3.63, 3.8) is 0 Å². The van der Waals surface area contributed by atoms with Gasteiger partial charge in [-0.2, -0.15) is 0 Å². The smallest absolute Gasteiger partial charge is 0.224 e. The summed E-state index contributed by atoms with van der Waals surface area (Å²) in [6, 6.07) is 8.48. The second-order valence-corrected chi connectivity index (χ2v) is 5.73. The van der Waals surface area contributed by atoms with Gasteiger partial charge in [-0.3, -0.25) is 0 Å². The topological polar surface area (TPSA) is 41.1 Å². The SMILES string of the molecule is Cc1cnc(Cl)nc1Nc1ccc(N2CCCCC2)cc1. The van der Waals surface area contributed by atoms with Gasteiger partial charge in [0.05, 0.1) is 0 Å². The number of hydrogen-bond donors (Lipinski definition) is 1. The molecule has 0 unspecified atom stereocenters. The average molecular weight is 303 g/mol. The number of piperidine rings is 1. The molecule has 1 aliphatic heterocycles. The van der Waals surface area contributed by atoms with Crippen molar-refractivity contribution in [3.05, 3.63) is 41.3 Å². The van der Waals surface area contributed by atoms with E-state index in [0.717, 1.165) is 30.2 Å². The normalized spacial score (nSPS) is 15.0. The highest BCUT2D eigenvalue weighted by Crippen LogP contribution is 2.24. The van der Waals surface area contributed by atoms with E-state index in [0.29, 0.717) is 0 Å². The zero-order valence-corrected chi connectivity index (χ0v) is 12.9. The van der Waals surface area contributed by atoms with Crippen molar-refractivity contribution in [2.24, 2.45) is 0 Å². The summed E-state index contributed by atoms with van der Waals surface area (Å²) in [5.41, 5.74) is 3.27. The van der Waals surface area contributed by atoms with Crippen LogP contribution in [0, 0.1) is 6.92 Å². The second kappa shape index (κ2) is 6.31.